The van der Waals surface area contributed by atoms with Crippen molar-refractivity contribution < 1.29 is 28.6 Å². The average molecular weight is 643 g/mol. The summed E-state index contributed by atoms with van der Waals surface area (Å²) in [5.74, 6) is -1.29. The minimum absolute atomic E-state index is 0.0445. The number of thiol groups is 1. The molecule has 0 spiro atoms. The van der Waals surface area contributed by atoms with Crippen molar-refractivity contribution in [1.29, 1.82) is 0 Å². The second-order valence-corrected chi connectivity index (χ2v) is 11.0. The first kappa shape index (κ1) is 33.4. The number of carbonyl (C=O) groups excluding carboxylic acids is 2. The van der Waals surface area contributed by atoms with Gasteiger partial charge >= 0.3 is 12.1 Å². The Bertz CT molecular complexity index is 1090. The van der Waals surface area contributed by atoms with E-state index in [1.54, 1.807) is 32.2 Å². The summed E-state index contributed by atoms with van der Waals surface area (Å²) in [6.45, 7) is 10.7. The van der Waals surface area contributed by atoms with Crippen LogP contribution in [0.4, 0.5) is 9.18 Å². The molecule has 1 fully saturated rings. The van der Waals surface area contributed by atoms with Gasteiger partial charge in [0, 0.05) is 16.1 Å². The van der Waals surface area contributed by atoms with E-state index in [0.717, 1.165) is 0 Å². The number of nitroso groups, excluding NO2 is 1. The van der Waals surface area contributed by atoms with Crippen molar-refractivity contribution in [3.63, 3.8) is 0 Å². The van der Waals surface area contributed by atoms with Gasteiger partial charge < -0.3 is 14.8 Å². The highest BCUT2D eigenvalue weighted by atomic mass is 79.9. The van der Waals surface area contributed by atoms with Crippen molar-refractivity contribution in [1.82, 2.24) is 5.32 Å². The van der Waals surface area contributed by atoms with Crippen LogP contribution < -0.4 is 10.5 Å². The van der Waals surface area contributed by atoms with Gasteiger partial charge in [0.2, 0.25) is 0 Å². The maximum atomic E-state index is 15.3. The Kier molecular flexibility index (Phi) is 12.6. The highest BCUT2D eigenvalue weighted by Gasteiger charge is 2.57. The Morgan fingerprint density at radius 2 is 1.92 bits per heavy atom. The molecule has 1 saturated carbocycles. The van der Waals surface area contributed by atoms with Crippen molar-refractivity contribution in [3.8, 4) is 0 Å². The number of hydrogen-bond donors (Lipinski definition) is 3. The first-order valence-electron chi connectivity index (χ1n) is 11.4. The van der Waals surface area contributed by atoms with Crippen LogP contribution in [-0.2, 0) is 20.7 Å². The van der Waals surface area contributed by atoms with Crippen LogP contribution in [-0.4, -0.2) is 37.1 Å². The number of methoxy groups -OCH3 is 1. The molecule has 0 atom stereocenters. The fourth-order valence-corrected chi connectivity index (χ4v) is 4.93. The zero-order valence-corrected chi connectivity index (χ0v) is 25.7. The van der Waals surface area contributed by atoms with Crippen LogP contribution in [0, 0.1) is 16.1 Å². The number of carbonyl (C=O) groups is 2. The van der Waals surface area contributed by atoms with Crippen molar-refractivity contribution in [2.45, 2.75) is 65.0 Å². The molecule has 2 rings (SSSR count). The minimum Gasteiger partial charge on any atom is -0.468 e. The van der Waals surface area contributed by atoms with Crippen molar-refractivity contribution in [2.75, 3.05) is 13.4 Å². The summed E-state index contributed by atoms with van der Waals surface area (Å²) in [7, 11) is 1.21. The largest absolute Gasteiger partial charge is 0.468 e. The van der Waals surface area contributed by atoms with E-state index in [4.69, 9.17) is 32.7 Å². The predicted octanol–water partition coefficient (Wildman–Crippen LogP) is 5.90. The number of hydrogen-bond acceptors (Lipinski definition) is 6. The standard InChI is InChI=1S/C24H28BrCl2FN2O5.CH4S/c1-7-8-14-15(9-16(27)18(25)19(14)28)17(20(30-33)12(2)26)24(21(31)34-6)10-13(11-24)29-22(32)35-23(3,4)5;1-2/h9,13H,2,7-8,10-11H2,1,3-6H3,(H,29,32);2H,1H3/p+1/b20-17-;. The van der Waals surface area contributed by atoms with Crippen LogP contribution in [0.1, 0.15) is 58.1 Å². The number of alkyl carbamates (subject to hydrolysis) is 1. The molecule has 1 aromatic carbocycles. The van der Waals surface area contributed by atoms with E-state index < -0.39 is 34.9 Å². The third-order valence-electron chi connectivity index (χ3n) is 5.62. The fraction of sp³-hybridized carbons (Fsp3) is 0.520. The zero-order chi connectivity index (χ0) is 28.7. The van der Waals surface area contributed by atoms with E-state index >= 15 is 4.39 Å². The first-order valence-corrected chi connectivity index (χ1v) is 13.8. The summed E-state index contributed by atoms with van der Waals surface area (Å²) in [4.78, 5) is 37.6. The molecule has 7 nitrogen and oxygen atoms in total. The molecule has 1 aliphatic carbocycles. The van der Waals surface area contributed by atoms with Gasteiger partial charge in [-0.3, -0.25) is 4.79 Å². The molecule has 0 heterocycles. The van der Waals surface area contributed by atoms with Crippen LogP contribution in [0.5, 0.6) is 0 Å². The summed E-state index contributed by atoms with van der Waals surface area (Å²) in [6, 6.07) is 0.992. The van der Waals surface area contributed by atoms with Gasteiger partial charge in [-0.25, -0.2) is 9.18 Å². The number of esters is 1. The Morgan fingerprint density at radius 1 is 1.35 bits per heavy atom. The second-order valence-electron chi connectivity index (χ2n) is 9.34. The van der Waals surface area contributed by atoms with Crippen LogP contribution in [0.15, 0.2) is 27.8 Å². The Balaban J connectivity index is 0.00000334. The molecule has 0 saturated heterocycles. The molecule has 0 unspecified atom stereocenters. The predicted molar refractivity (Wildman–Crippen MR) is 151 cm³/mol. The molecule has 206 valence electrons. The Labute approximate surface area is 241 Å². The SMILES string of the molecule is C=C(Cl)/C([NH+]=O)=C(\c1cc(Cl)c(Br)c(F)c1CCC)C1(C(=O)OC)CC(NC(=O)OC(C)(C)C)C1.CS. The van der Waals surface area contributed by atoms with Gasteiger partial charge in [0.25, 0.3) is 5.70 Å². The van der Waals surface area contributed by atoms with E-state index in [0.29, 0.717) is 6.42 Å². The van der Waals surface area contributed by atoms with Crippen LogP contribution in [0.2, 0.25) is 5.02 Å². The highest BCUT2D eigenvalue weighted by molar-refractivity contribution is 9.10. The molecule has 1 aliphatic rings. The van der Waals surface area contributed by atoms with Gasteiger partial charge in [0.15, 0.2) is 0 Å². The molecule has 0 bridgehead atoms. The lowest BCUT2D eigenvalue weighted by Crippen LogP contribution is -2.65. The third kappa shape index (κ3) is 7.71. The van der Waals surface area contributed by atoms with E-state index in [1.807, 2.05) is 6.92 Å². The number of amides is 1. The summed E-state index contributed by atoms with van der Waals surface area (Å²) in [5.41, 5.74) is -1.75. The van der Waals surface area contributed by atoms with E-state index in [1.165, 1.54) is 13.2 Å². The molecular weight excluding hydrogens is 610 g/mol. The maximum absolute atomic E-state index is 15.3. The van der Waals surface area contributed by atoms with Gasteiger partial charge in [-0.2, -0.15) is 12.6 Å². The molecule has 0 radical (unpaired) electrons. The lowest BCUT2D eigenvalue weighted by Gasteiger charge is -2.46. The smallest absolute Gasteiger partial charge is 0.407 e. The summed E-state index contributed by atoms with van der Waals surface area (Å²) in [6.07, 6.45) is 1.99. The fourth-order valence-electron chi connectivity index (χ4n) is 4.25. The van der Waals surface area contributed by atoms with E-state index in [2.05, 4.69) is 40.5 Å². The number of ether oxygens (including phenoxy) is 2. The van der Waals surface area contributed by atoms with E-state index in [9.17, 15) is 14.5 Å². The van der Waals surface area contributed by atoms with Crippen molar-refractivity contribution in [2.24, 2.45) is 5.41 Å². The number of benzene rings is 1. The summed E-state index contributed by atoms with van der Waals surface area (Å²) < 4.78 is 25.8. The highest BCUT2D eigenvalue weighted by Crippen LogP contribution is 2.55. The monoisotopic (exact) mass is 641 g/mol. The number of halogens is 4. The molecule has 1 aromatic rings. The quantitative estimate of drug-likeness (QED) is 0.142. The van der Waals surface area contributed by atoms with Gasteiger partial charge in [-0.05, 0) is 79.4 Å². The second kappa shape index (κ2) is 14.0. The average Bonchev–Trinajstić information content (AvgIpc) is 2.79. The maximum Gasteiger partial charge on any atom is 0.407 e. The molecule has 0 aliphatic heterocycles. The number of nitrogens with one attached hydrogen (secondary N) is 2. The van der Waals surface area contributed by atoms with Crippen LogP contribution in [0.3, 0.4) is 0 Å². The molecular formula is C25H33BrCl2FN2O5S+. The molecule has 37 heavy (non-hydrogen) atoms. The topological polar surface area (TPSA) is 95.7 Å². The van der Waals surface area contributed by atoms with Crippen LogP contribution >= 0.6 is 51.8 Å². The molecule has 0 aromatic heterocycles. The number of allylic oxidation sites excluding steroid dienone is 1. The third-order valence-corrected chi connectivity index (χ3v) is 7.11. The summed E-state index contributed by atoms with van der Waals surface area (Å²) in [5, 5.41) is 4.35. The van der Waals surface area contributed by atoms with Crippen molar-refractivity contribution >= 4 is 69.4 Å². The van der Waals surface area contributed by atoms with Gasteiger partial charge in [-0.15, -0.1) is 0 Å². The Hall–Kier alpha value is -1.62. The molecule has 2 N–H and O–H groups in total. The number of rotatable bonds is 8. The van der Waals surface area contributed by atoms with Crippen molar-refractivity contribution in [3.05, 3.63) is 54.7 Å². The summed E-state index contributed by atoms with van der Waals surface area (Å²) >= 11 is 19.1. The van der Waals surface area contributed by atoms with Gasteiger partial charge in [-0.1, -0.05) is 43.1 Å². The van der Waals surface area contributed by atoms with Gasteiger partial charge in [0.1, 0.15) is 21.9 Å². The molecule has 12 heteroatoms. The zero-order valence-electron chi connectivity index (χ0n) is 21.7. The van der Waals surface area contributed by atoms with E-state index in [-0.39, 0.29) is 56.2 Å². The normalized spacial score (nSPS) is 19.4. The molecule has 1 amide bonds. The Morgan fingerprint density at radius 3 is 2.35 bits per heavy atom. The minimum atomic E-state index is -1.44. The van der Waals surface area contributed by atoms with Gasteiger partial charge in [0.05, 0.1) is 22.2 Å². The lowest BCUT2D eigenvalue weighted by atomic mass is 9.58. The lowest BCUT2D eigenvalue weighted by molar-refractivity contribution is -0.416. The van der Waals surface area contributed by atoms with Crippen LogP contribution in [0.25, 0.3) is 5.57 Å². The first-order chi connectivity index (χ1) is 17.2.